The van der Waals surface area contributed by atoms with Gasteiger partial charge in [-0.25, -0.2) is 0 Å². The lowest BCUT2D eigenvalue weighted by molar-refractivity contribution is 0.0827. The van der Waals surface area contributed by atoms with Crippen LogP contribution in [0.2, 0.25) is 0 Å². The van der Waals surface area contributed by atoms with Crippen molar-refractivity contribution in [2.45, 2.75) is 6.92 Å². The highest BCUT2D eigenvalue weighted by atomic mass is 16.2. The molecule has 1 amide bonds. The van der Waals surface area contributed by atoms with Gasteiger partial charge in [-0.15, -0.1) is 0 Å². The standard InChI is InChI=1S/C17H21N3O/c1-12-7-5-6-8-15(12)20(4)16-11-13(9-10-14(16)18)17(21)19(2)3/h5-11H,18H2,1-4H3. The van der Waals surface area contributed by atoms with Crippen LogP contribution < -0.4 is 10.6 Å². The van der Waals surface area contributed by atoms with Crippen LogP contribution in [0.3, 0.4) is 0 Å². The van der Waals surface area contributed by atoms with Crippen LogP contribution in [0.5, 0.6) is 0 Å². The summed E-state index contributed by atoms with van der Waals surface area (Å²) in [5.41, 5.74) is 10.4. The molecule has 0 saturated heterocycles. The van der Waals surface area contributed by atoms with Crippen LogP contribution in [0.25, 0.3) is 0 Å². The van der Waals surface area contributed by atoms with Gasteiger partial charge in [0.2, 0.25) is 0 Å². The zero-order valence-corrected chi connectivity index (χ0v) is 12.9. The number of nitrogens with two attached hydrogens (primary N) is 1. The third kappa shape index (κ3) is 2.99. The monoisotopic (exact) mass is 283 g/mol. The maximum Gasteiger partial charge on any atom is 0.253 e. The Morgan fingerprint density at radius 3 is 2.29 bits per heavy atom. The average Bonchev–Trinajstić information content (AvgIpc) is 2.46. The number of nitrogens with zero attached hydrogens (tertiary/aromatic N) is 2. The number of hydrogen-bond donors (Lipinski definition) is 1. The molecule has 110 valence electrons. The maximum absolute atomic E-state index is 12.1. The molecule has 0 fully saturated rings. The molecule has 0 unspecified atom stereocenters. The Labute approximate surface area is 125 Å². The minimum Gasteiger partial charge on any atom is -0.397 e. The number of aryl methyl sites for hydroxylation is 1. The summed E-state index contributed by atoms with van der Waals surface area (Å²) in [5, 5.41) is 0. The van der Waals surface area contributed by atoms with E-state index in [1.807, 2.05) is 36.2 Å². The number of rotatable bonds is 3. The lowest BCUT2D eigenvalue weighted by atomic mass is 10.1. The van der Waals surface area contributed by atoms with Crippen molar-refractivity contribution >= 4 is 23.0 Å². The van der Waals surface area contributed by atoms with Crippen molar-refractivity contribution < 1.29 is 4.79 Å². The van der Waals surface area contributed by atoms with Crippen LogP contribution in [0, 0.1) is 6.92 Å². The van der Waals surface area contributed by atoms with Crippen LogP contribution in [0.4, 0.5) is 17.1 Å². The smallest absolute Gasteiger partial charge is 0.253 e. The van der Waals surface area contributed by atoms with Gasteiger partial charge in [-0.1, -0.05) is 18.2 Å². The first kappa shape index (κ1) is 14.9. The highest BCUT2D eigenvalue weighted by Crippen LogP contribution is 2.31. The number of carbonyl (C=O) groups excluding carboxylic acids is 1. The molecule has 4 heteroatoms. The molecule has 0 saturated carbocycles. The molecule has 2 rings (SSSR count). The van der Waals surface area contributed by atoms with Gasteiger partial charge in [0.1, 0.15) is 0 Å². The number of amides is 1. The summed E-state index contributed by atoms with van der Waals surface area (Å²) in [5.74, 6) is -0.0329. The highest BCUT2D eigenvalue weighted by molar-refractivity contribution is 5.96. The Hall–Kier alpha value is -2.49. The Morgan fingerprint density at radius 1 is 1.00 bits per heavy atom. The topological polar surface area (TPSA) is 49.6 Å². The minimum absolute atomic E-state index is 0.0329. The number of carbonyl (C=O) groups is 1. The molecule has 0 aliphatic heterocycles. The van der Waals surface area contributed by atoms with E-state index in [0.717, 1.165) is 16.9 Å². The second kappa shape index (κ2) is 5.87. The molecule has 0 atom stereocenters. The largest absolute Gasteiger partial charge is 0.397 e. The van der Waals surface area contributed by atoms with E-state index >= 15 is 0 Å². The molecule has 2 N–H and O–H groups in total. The third-order valence-electron chi connectivity index (χ3n) is 3.52. The molecule has 0 aliphatic carbocycles. The predicted octanol–water partition coefficient (Wildman–Crippen LogP) is 3.05. The van der Waals surface area contributed by atoms with E-state index in [2.05, 4.69) is 13.0 Å². The van der Waals surface area contributed by atoms with E-state index in [-0.39, 0.29) is 5.91 Å². The molecular weight excluding hydrogens is 262 g/mol. The van der Waals surface area contributed by atoms with Gasteiger partial charge in [-0.05, 0) is 36.8 Å². The summed E-state index contributed by atoms with van der Waals surface area (Å²) in [6.07, 6.45) is 0. The summed E-state index contributed by atoms with van der Waals surface area (Å²) in [6, 6.07) is 13.5. The minimum atomic E-state index is -0.0329. The van der Waals surface area contributed by atoms with Gasteiger partial charge >= 0.3 is 0 Å². The van der Waals surface area contributed by atoms with Crippen LogP contribution in [-0.4, -0.2) is 32.0 Å². The number of anilines is 3. The zero-order chi connectivity index (χ0) is 15.6. The van der Waals surface area contributed by atoms with Crippen LogP contribution in [-0.2, 0) is 0 Å². The Kier molecular flexibility index (Phi) is 4.17. The molecule has 0 radical (unpaired) electrons. The number of nitrogen functional groups attached to an aromatic ring is 1. The molecule has 0 heterocycles. The van der Waals surface area contributed by atoms with E-state index in [1.165, 1.54) is 0 Å². The first-order valence-electron chi connectivity index (χ1n) is 6.82. The lowest BCUT2D eigenvalue weighted by Crippen LogP contribution is -2.22. The predicted molar refractivity (Wildman–Crippen MR) is 88.1 cm³/mol. The Morgan fingerprint density at radius 2 is 1.67 bits per heavy atom. The van der Waals surface area contributed by atoms with Crippen molar-refractivity contribution in [3.05, 3.63) is 53.6 Å². The Balaban J connectivity index is 2.46. The highest BCUT2D eigenvalue weighted by Gasteiger charge is 2.14. The number of benzene rings is 2. The summed E-state index contributed by atoms with van der Waals surface area (Å²) in [7, 11) is 5.44. The summed E-state index contributed by atoms with van der Waals surface area (Å²) >= 11 is 0. The van der Waals surface area contributed by atoms with Gasteiger partial charge in [-0.3, -0.25) is 4.79 Å². The molecule has 2 aromatic rings. The van der Waals surface area contributed by atoms with Crippen LogP contribution in [0.1, 0.15) is 15.9 Å². The van der Waals surface area contributed by atoms with Gasteiger partial charge < -0.3 is 15.5 Å². The molecular formula is C17H21N3O. The number of para-hydroxylation sites is 1. The molecule has 0 bridgehead atoms. The van der Waals surface area contributed by atoms with Crippen molar-refractivity contribution in [1.29, 1.82) is 0 Å². The van der Waals surface area contributed by atoms with Crippen molar-refractivity contribution in [2.24, 2.45) is 0 Å². The normalized spacial score (nSPS) is 10.3. The van der Waals surface area contributed by atoms with Crippen molar-refractivity contribution in [3.63, 3.8) is 0 Å². The second-order valence-corrected chi connectivity index (χ2v) is 5.32. The summed E-state index contributed by atoms with van der Waals surface area (Å²) < 4.78 is 0. The van der Waals surface area contributed by atoms with Crippen molar-refractivity contribution in [2.75, 3.05) is 31.8 Å². The van der Waals surface area contributed by atoms with E-state index < -0.39 is 0 Å². The fourth-order valence-corrected chi connectivity index (χ4v) is 2.29. The fourth-order valence-electron chi connectivity index (χ4n) is 2.29. The van der Waals surface area contributed by atoms with Gasteiger partial charge in [0.25, 0.3) is 5.91 Å². The second-order valence-electron chi connectivity index (χ2n) is 5.32. The Bertz CT molecular complexity index is 665. The lowest BCUT2D eigenvalue weighted by Gasteiger charge is -2.24. The molecule has 4 nitrogen and oxygen atoms in total. The molecule has 0 aliphatic rings. The summed E-state index contributed by atoms with van der Waals surface area (Å²) in [4.78, 5) is 15.7. The maximum atomic E-state index is 12.1. The van der Waals surface area contributed by atoms with E-state index in [4.69, 9.17) is 5.73 Å². The molecule has 2 aromatic carbocycles. The fraction of sp³-hybridized carbons (Fsp3) is 0.235. The number of hydrogen-bond acceptors (Lipinski definition) is 3. The zero-order valence-electron chi connectivity index (χ0n) is 12.9. The average molecular weight is 283 g/mol. The molecule has 21 heavy (non-hydrogen) atoms. The molecule has 0 spiro atoms. The van der Waals surface area contributed by atoms with Gasteiger partial charge in [0.05, 0.1) is 11.4 Å². The van der Waals surface area contributed by atoms with Crippen molar-refractivity contribution in [3.8, 4) is 0 Å². The van der Waals surface area contributed by atoms with Gasteiger partial charge in [0.15, 0.2) is 0 Å². The third-order valence-corrected chi connectivity index (χ3v) is 3.52. The summed E-state index contributed by atoms with van der Waals surface area (Å²) in [6.45, 7) is 2.05. The van der Waals surface area contributed by atoms with E-state index in [9.17, 15) is 4.79 Å². The van der Waals surface area contributed by atoms with Crippen LogP contribution in [0.15, 0.2) is 42.5 Å². The van der Waals surface area contributed by atoms with E-state index in [1.54, 1.807) is 31.1 Å². The molecule has 0 aromatic heterocycles. The first-order chi connectivity index (χ1) is 9.91. The quantitative estimate of drug-likeness (QED) is 0.881. The van der Waals surface area contributed by atoms with E-state index in [0.29, 0.717) is 11.3 Å². The van der Waals surface area contributed by atoms with Crippen molar-refractivity contribution in [1.82, 2.24) is 4.90 Å². The van der Waals surface area contributed by atoms with Crippen LogP contribution >= 0.6 is 0 Å². The SMILES string of the molecule is Cc1ccccc1N(C)c1cc(C(=O)N(C)C)ccc1N. The van der Waals surface area contributed by atoms with Gasteiger partial charge in [-0.2, -0.15) is 0 Å². The first-order valence-corrected chi connectivity index (χ1v) is 6.82. The van der Waals surface area contributed by atoms with Gasteiger partial charge in [0, 0.05) is 32.4 Å².